The van der Waals surface area contributed by atoms with Gasteiger partial charge in [0, 0.05) is 75.9 Å². The molecule has 13 heteroatoms. The van der Waals surface area contributed by atoms with E-state index in [1.54, 1.807) is 18.3 Å². The zero-order valence-electron chi connectivity index (χ0n) is 26.7. The van der Waals surface area contributed by atoms with Crippen LogP contribution in [0, 0.1) is 0 Å². The fraction of sp³-hybridized carbons (Fsp3) is 0.286. The number of hydrogen-bond donors (Lipinski definition) is 3. The molecule has 2 fully saturated rings. The van der Waals surface area contributed by atoms with Gasteiger partial charge in [-0.1, -0.05) is 30.3 Å². The van der Waals surface area contributed by atoms with Gasteiger partial charge in [-0.2, -0.15) is 0 Å². The third-order valence-electron chi connectivity index (χ3n) is 8.81. The molecule has 2 aliphatic rings. The summed E-state index contributed by atoms with van der Waals surface area (Å²) in [4.78, 5) is 17.7. The van der Waals surface area contributed by atoms with E-state index in [0.717, 1.165) is 69.2 Å². The molecule has 0 spiro atoms. The number of nitrogens with two attached hydrogens (primary N) is 2. The number of aromatic hydroxyl groups is 1. The number of phenolic OH excluding ortho intramolecular Hbond substituents is 1. The zero-order valence-corrected chi connectivity index (χ0v) is 26.7. The van der Waals surface area contributed by atoms with E-state index in [0.29, 0.717) is 47.4 Å². The highest BCUT2D eigenvalue weighted by molar-refractivity contribution is 5.75. The summed E-state index contributed by atoms with van der Waals surface area (Å²) in [6, 6.07) is 23.0. The first-order valence-electron chi connectivity index (χ1n) is 16.2. The average Bonchev–Trinajstić information content (AvgIpc) is 3.36. The normalized spacial score (nSPS) is 16.1. The van der Waals surface area contributed by atoms with E-state index in [1.165, 1.54) is 5.56 Å². The monoisotopic (exact) mass is 645 g/mol. The summed E-state index contributed by atoms with van der Waals surface area (Å²) in [5.74, 6) is 1.61. The standard InChI is InChI=1S/C35H39N11O2/c36-34-30(21-28(39-41-34)26-8-1-3-10-32(26)47)44-13-6-14-46(20-19-44)48-33-11-4-2-9-27(33)29-22-31(35(37)42-40-29)45-17-15-43(16-18-45)24-25-7-5-12-38-23-25/h1-5,7-12,21-23,47H,6,13-20,24H2,(H2,36,41)(H2,37,42). The minimum Gasteiger partial charge on any atom is -0.507 e. The number of phenols is 1. The van der Waals surface area contributed by atoms with Gasteiger partial charge in [0.25, 0.3) is 0 Å². The van der Waals surface area contributed by atoms with Gasteiger partial charge in [0.2, 0.25) is 0 Å². The maximum absolute atomic E-state index is 10.4. The Labute approximate surface area is 279 Å². The SMILES string of the molecule is Nc1nnc(-c2ccccc2O)cc1N1CCCN(Oc2ccccc2-c2cc(N3CCN(Cc4cccnc4)CC3)c(N)nn2)CC1. The molecule has 0 unspecified atom stereocenters. The van der Waals surface area contributed by atoms with Gasteiger partial charge in [0.1, 0.15) is 5.75 Å². The van der Waals surface area contributed by atoms with Crippen molar-refractivity contribution in [2.45, 2.75) is 13.0 Å². The van der Waals surface area contributed by atoms with Crippen molar-refractivity contribution in [3.8, 4) is 34.0 Å². The Morgan fingerprint density at radius 2 is 1.31 bits per heavy atom. The summed E-state index contributed by atoms with van der Waals surface area (Å²) in [5.41, 5.74) is 18.3. The molecule has 5 heterocycles. The number of pyridine rings is 1. The van der Waals surface area contributed by atoms with Crippen molar-refractivity contribution < 1.29 is 9.94 Å². The molecule has 0 atom stereocenters. The molecule has 5 aromatic rings. The van der Waals surface area contributed by atoms with Gasteiger partial charge in [-0.15, -0.1) is 25.5 Å². The summed E-state index contributed by atoms with van der Waals surface area (Å²) in [5, 5.41) is 29.6. The second-order valence-electron chi connectivity index (χ2n) is 12.0. The fourth-order valence-corrected chi connectivity index (χ4v) is 6.26. The number of benzene rings is 2. The number of hydrogen-bond acceptors (Lipinski definition) is 13. The quantitative estimate of drug-likeness (QED) is 0.225. The first-order chi connectivity index (χ1) is 23.5. The molecule has 7 rings (SSSR count). The maximum atomic E-state index is 10.4. The number of anilines is 4. The molecule has 5 N–H and O–H groups in total. The Bertz CT molecular complexity index is 1850. The molecule has 0 bridgehead atoms. The van der Waals surface area contributed by atoms with Crippen LogP contribution in [0.15, 0.2) is 85.2 Å². The van der Waals surface area contributed by atoms with Crippen LogP contribution in [0.4, 0.5) is 23.0 Å². The largest absolute Gasteiger partial charge is 0.507 e. The summed E-state index contributed by atoms with van der Waals surface area (Å²) in [6.45, 7) is 7.15. The van der Waals surface area contributed by atoms with E-state index >= 15 is 0 Å². The van der Waals surface area contributed by atoms with Gasteiger partial charge >= 0.3 is 0 Å². The van der Waals surface area contributed by atoms with Gasteiger partial charge in [-0.05, 0) is 54.4 Å². The number of nitrogen functional groups attached to an aromatic ring is 2. The van der Waals surface area contributed by atoms with Crippen LogP contribution in [0.3, 0.4) is 0 Å². The van der Waals surface area contributed by atoms with E-state index < -0.39 is 0 Å². The first kappa shape index (κ1) is 31.1. The smallest absolute Gasteiger partial charge is 0.169 e. The molecule has 3 aromatic heterocycles. The molecule has 0 saturated carbocycles. The molecule has 0 aliphatic carbocycles. The Morgan fingerprint density at radius 1 is 0.667 bits per heavy atom. The lowest BCUT2D eigenvalue weighted by atomic mass is 10.1. The molecular weight excluding hydrogens is 606 g/mol. The van der Waals surface area contributed by atoms with E-state index in [9.17, 15) is 5.11 Å². The molecule has 2 aliphatic heterocycles. The lowest BCUT2D eigenvalue weighted by Crippen LogP contribution is -2.46. The van der Waals surface area contributed by atoms with Crippen LogP contribution in [0.5, 0.6) is 11.5 Å². The van der Waals surface area contributed by atoms with Gasteiger partial charge in [-0.25, -0.2) is 0 Å². The number of aromatic nitrogens is 5. The topological polar surface area (TPSA) is 159 Å². The van der Waals surface area contributed by atoms with Crippen molar-refractivity contribution >= 4 is 23.0 Å². The predicted octanol–water partition coefficient (Wildman–Crippen LogP) is 3.69. The average molecular weight is 646 g/mol. The van der Waals surface area contributed by atoms with Gasteiger partial charge in [0.05, 0.1) is 29.3 Å². The summed E-state index contributed by atoms with van der Waals surface area (Å²) < 4.78 is 0. The number of rotatable bonds is 8. The van der Waals surface area contributed by atoms with E-state index in [4.69, 9.17) is 16.3 Å². The van der Waals surface area contributed by atoms with Crippen LogP contribution in [0.25, 0.3) is 22.5 Å². The minimum atomic E-state index is 0.147. The summed E-state index contributed by atoms with van der Waals surface area (Å²) in [6.07, 6.45) is 4.57. The zero-order chi connectivity index (χ0) is 32.9. The van der Waals surface area contributed by atoms with Crippen LogP contribution in [0.2, 0.25) is 0 Å². The third kappa shape index (κ3) is 6.92. The van der Waals surface area contributed by atoms with Gasteiger partial charge < -0.3 is 31.2 Å². The molecule has 246 valence electrons. The van der Waals surface area contributed by atoms with E-state index in [1.807, 2.05) is 65.9 Å². The van der Waals surface area contributed by atoms with Gasteiger partial charge in [0.15, 0.2) is 17.4 Å². The van der Waals surface area contributed by atoms with E-state index in [2.05, 4.69) is 46.1 Å². The van der Waals surface area contributed by atoms with Crippen LogP contribution in [-0.4, -0.2) is 92.8 Å². The summed E-state index contributed by atoms with van der Waals surface area (Å²) >= 11 is 0. The second-order valence-corrected chi connectivity index (χ2v) is 12.0. The van der Waals surface area contributed by atoms with Crippen LogP contribution >= 0.6 is 0 Å². The highest BCUT2D eigenvalue weighted by atomic mass is 16.7. The highest BCUT2D eigenvalue weighted by Crippen LogP contribution is 2.34. The minimum absolute atomic E-state index is 0.147. The highest BCUT2D eigenvalue weighted by Gasteiger charge is 2.24. The van der Waals surface area contributed by atoms with Crippen molar-refractivity contribution in [2.75, 3.05) is 73.6 Å². The number of piperazine rings is 1. The lowest BCUT2D eigenvalue weighted by molar-refractivity contribution is -0.0513. The Hall–Kier alpha value is -5.53. The van der Waals surface area contributed by atoms with Crippen molar-refractivity contribution in [1.29, 1.82) is 0 Å². The molecule has 13 nitrogen and oxygen atoms in total. The number of nitrogens with zero attached hydrogens (tertiary/aromatic N) is 9. The van der Waals surface area contributed by atoms with Crippen molar-refractivity contribution in [3.63, 3.8) is 0 Å². The number of hydroxylamine groups is 2. The van der Waals surface area contributed by atoms with Crippen LogP contribution in [-0.2, 0) is 6.54 Å². The van der Waals surface area contributed by atoms with Gasteiger partial charge in [-0.3, -0.25) is 9.88 Å². The third-order valence-corrected chi connectivity index (χ3v) is 8.81. The Morgan fingerprint density at radius 3 is 2.02 bits per heavy atom. The molecule has 2 aromatic carbocycles. The molecular formula is C35H39N11O2. The second kappa shape index (κ2) is 14.1. The van der Waals surface area contributed by atoms with Crippen molar-refractivity contribution in [1.82, 2.24) is 35.3 Å². The Balaban J connectivity index is 1.03. The van der Waals surface area contributed by atoms with E-state index in [-0.39, 0.29) is 5.75 Å². The van der Waals surface area contributed by atoms with Crippen LogP contribution < -0.4 is 26.1 Å². The van der Waals surface area contributed by atoms with Crippen LogP contribution in [0.1, 0.15) is 12.0 Å². The van der Waals surface area contributed by atoms with Crippen molar-refractivity contribution in [3.05, 3.63) is 90.8 Å². The Kier molecular flexibility index (Phi) is 9.12. The van der Waals surface area contributed by atoms with Crippen molar-refractivity contribution in [2.24, 2.45) is 0 Å². The first-order valence-corrected chi connectivity index (χ1v) is 16.2. The lowest BCUT2D eigenvalue weighted by Gasteiger charge is -2.36. The number of para-hydroxylation sites is 2. The predicted molar refractivity (Wildman–Crippen MR) is 186 cm³/mol. The molecule has 0 amide bonds. The maximum Gasteiger partial charge on any atom is 0.169 e. The molecule has 2 saturated heterocycles. The molecule has 0 radical (unpaired) electrons. The molecule has 48 heavy (non-hydrogen) atoms. The fourth-order valence-electron chi connectivity index (χ4n) is 6.26. The summed E-state index contributed by atoms with van der Waals surface area (Å²) in [7, 11) is 0.